The van der Waals surface area contributed by atoms with E-state index in [4.69, 9.17) is 23.2 Å². The van der Waals surface area contributed by atoms with Crippen molar-refractivity contribution >= 4 is 29.0 Å². The van der Waals surface area contributed by atoms with Crippen LogP contribution in [-0.4, -0.2) is 27.8 Å². The van der Waals surface area contributed by atoms with Crippen molar-refractivity contribution in [2.24, 2.45) is 0 Å². The number of ketones is 1. The first-order valence-electron chi connectivity index (χ1n) is 8.47. The average Bonchev–Trinajstić information content (AvgIpc) is 2.58. The molecule has 2 N–H and O–H groups in total. The molecule has 140 valence electrons. The Morgan fingerprint density at radius 2 is 1.04 bits per heavy atom. The molecule has 2 unspecified atom stereocenters. The Morgan fingerprint density at radius 3 is 1.27 bits per heavy atom. The molecule has 0 amide bonds. The number of carbonyl (C=O) groups is 1. The predicted octanol–water partition coefficient (Wildman–Crippen LogP) is 5.25. The third-order valence-corrected chi connectivity index (χ3v) is 5.44. The van der Waals surface area contributed by atoms with Crippen LogP contribution in [0.25, 0.3) is 0 Å². The van der Waals surface area contributed by atoms with Crippen molar-refractivity contribution in [3.05, 3.63) is 57.6 Å². The second-order valence-electron chi connectivity index (χ2n) is 6.82. The van der Waals surface area contributed by atoms with Crippen molar-refractivity contribution in [3.8, 4) is 11.5 Å². The zero-order chi connectivity index (χ0) is 19.6. The molecule has 0 aromatic heterocycles. The smallest absolute Gasteiger partial charge is 0.150 e. The zero-order valence-corrected chi connectivity index (χ0v) is 16.9. The summed E-state index contributed by atoms with van der Waals surface area (Å²) >= 11 is 12.3. The maximum atomic E-state index is 13.2. The molecule has 2 aromatic carbocycles. The van der Waals surface area contributed by atoms with Gasteiger partial charge in [-0.25, -0.2) is 0 Å². The molecule has 2 atom stereocenters. The minimum atomic E-state index is -0.521. The van der Waals surface area contributed by atoms with Gasteiger partial charge in [0.05, 0.1) is 11.8 Å². The summed E-state index contributed by atoms with van der Waals surface area (Å²) in [5.74, 6) is -0.385. The number of benzene rings is 2. The van der Waals surface area contributed by atoms with Crippen molar-refractivity contribution < 1.29 is 15.0 Å². The topological polar surface area (TPSA) is 57.5 Å². The van der Waals surface area contributed by atoms with Gasteiger partial charge >= 0.3 is 0 Å². The Kier molecular flexibility index (Phi) is 6.59. The van der Waals surface area contributed by atoms with E-state index < -0.39 is 11.8 Å². The fraction of sp³-hybridized carbons (Fsp3) is 0.381. The molecule has 0 bridgehead atoms. The number of Topliss-reactive ketones (excluding diaryl/α,β-unsaturated/α-hetero) is 1. The highest BCUT2D eigenvalue weighted by Gasteiger charge is 2.29. The summed E-state index contributed by atoms with van der Waals surface area (Å²) < 4.78 is 0. The quantitative estimate of drug-likeness (QED) is 0.658. The highest BCUT2D eigenvalue weighted by Crippen LogP contribution is 2.34. The van der Waals surface area contributed by atoms with E-state index in [9.17, 15) is 15.0 Å². The molecule has 0 fully saturated rings. The second-order valence-corrected chi connectivity index (χ2v) is 7.44. The molecule has 5 heteroatoms. The Balaban J connectivity index is 2.45. The Bertz CT molecular complexity index is 716. The van der Waals surface area contributed by atoms with Crippen molar-refractivity contribution in [3.63, 3.8) is 0 Å². The summed E-state index contributed by atoms with van der Waals surface area (Å²) in [5, 5.41) is 20.0. The number of hydrogen-bond acceptors (Lipinski definition) is 3. The first kappa shape index (κ1) is 20.6. The van der Waals surface area contributed by atoms with Crippen molar-refractivity contribution in [1.29, 1.82) is 0 Å². The van der Waals surface area contributed by atoms with E-state index in [1.807, 2.05) is 0 Å². The van der Waals surface area contributed by atoms with Crippen molar-refractivity contribution in [2.75, 3.05) is 11.8 Å². The second kappa shape index (κ2) is 8.32. The van der Waals surface area contributed by atoms with Crippen LogP contribution in [0.1, 0.15) is 45.2 Å². The number of alkyl halides is 2. The lowest BCUT2D eigenvalue weighted by molar-refractivity contribution is -0.121. The fourth-order valence-corrected chi connectivity index (χ4v) is 3.94. The Morgan fingerprint density at radius 1 is 0.769 bits per heavy atom. The SMILES string of the molecule is Cc1cc(C(CCl)C(=O)C(CCl)c2cc(C)c(O)c(C)c2)cc(C)c1O. The van der Waals surface area contributed by atoms with E-state index in [1.165, 1.54) is 0 Å². The van der Waals surface area contributed by atoms with Gasteiger partial charge in [-0.15, -0.1) is 23.2 Å². The van der Waals surface area contributed by atoms with E-state index >= 15 is 0 Å². The average molecular weight is 395 g/mol. The van der Waals surface area contributed by atoms with E-state index in [0.717, 1.165) is 11.1 Å². The van der Waals surface area contributed by atoms with Crippen LogP contribution >= 0.6 is 23.2 Å². The first-order chi connectivity index (χ1) is 12.2. The number of phenols is 2. The number of hydrogen-bond donors (Lipinski definition) is 2. The number of aromatic hydroxyl groups is 2. The molecule has 0 saturated heterocycles. The van der Waals surface area contributed by atoms with Gasteiger partial charge in [-0.1, -0.05) is 24.3 Å². The van der Waals surface area contributed by atoms with Crippen LogP contribution in [-0.2, 0) is 4.79 Å². The van der Waals surface area contributed by atoms with Crippen LogP contribution in [0.2, 0.25) is 0 Å². The molecule has 0 heterocycles. The van der Waals surface area contributed by atoms with Gasteiger partial charge in [-0.2, -0.15) is 0 Å². The summed E-state index contributed by atoms with van der Waals surface area (Å²) in [6.45, 7) is 7.20. The highest BCUT2D eigenvalue weighted by molar-refractivity contribution is 6.22. The first-order valence-corrected chi connectivity index (χ1v) is 9.54. The van der Waals surface area contributed by atoms with Gasteiger partial charge in [-0.3, -0.25) is 4.79 Å². The molecule has 26 heavy (non-hydrogen) atoms. The summed E-state index contributed by atoms with van der Waals surface area (Å²) in [4.78, 5) is 13.2. The molecule has 2 rings (SSSR count). The minimum Gasteiger partial charge on any atom is -0.507 e. The van der Waals surface area contributed by atoms with Gasteiger partial charge in [0, 0.05) is 11.8 Å². The molecule has 2 aromatic rings. The van der Waals surface area contributed by atoms with Crippen LogP contribution in [0.4, 0.5) is 0 Å². The third-order valence-electron chi connectivity index (χ3n) is 4.83. The van der Waals surface area contributed by atoms with E-state index in [0.29, 0.717) is 22.3 Å². The van der Waals surface area contributed by atoms with Gasteiger partial charge in [0.2, 0.25) is 0 Å². The molecule has 0 aliphatic carbocycles. The van der Waals surface area contributed by atoms with Gasteiger partial charge in [-0.05, 0) is 61.1 Å². The molecule has 0 radical (unpaired) electrons. The van der Waals surface area contributed by atoms with Gasteiger partial charge in [0.25, 0.3) is 0 Å². The van der Waals surface area contributed by atoms with Crippen molar-refractivity contribution in [2.45, 2.75) is 39.5 Å². The lowest BCUT2D eigenvalue weighted by Gasteiger charge is -2.22. The maximum Gasteiger partial charge on any atom is 0.150 e. The maximum absolute atomic E-state index is 13.2. The van der Waals surface area contributed by atoms with Crippen LogP contribution in [0.3, 0.4) is 0 Å². The van der Waals surface area contributed by atoms with Crippen LogP contribution in [0, 0.1) is 27.7 Å². The van der Waals surface area contributed by atoms with Crippen molar-refractivity contribution in [1.82, 2.24) is 0 Å². The summed E-state index contributed by atoms with van der Waals surface area (Å²) in [5.41, 5.74) is 4.40. The largest absolute Gasteiger partial charge is 0.507 e. The summed E-state index contributed by atoms with van der Waals surface area (Å²) in [7, 11) is 0. The molecular formula is C21H24Cl2O3. The number of rotatable bonds is 6. The lowest BCUT2D eigenvalue weighted by atomic mass is 9.83. The number of aryl methyl sites for hydroxylation is 4. The minimum absolute atomic E-state index is 0.0658. The molecule has 0 aliphatic heterocycles. The normalized spacial score (nSPS) is 13.5. The molecule has 0 spiro atoms. The molecule has 3 nitrogen and oxygen atoms in total. The monoisotopic (exact) mass is 394 g/mol. The lowest BCUT2D eigenvalue weighted by Crippen LogP contribution is -2.23. The van der Waals surface area contributed by atoms with Crippen LogP contribution in [0.5, 0.6) is 11.5 Å². The van der Waals surface area contributed by atoms with Gasteiger partial charge in [0.15, 0.2) is 0 Å². The number of halogens is 2. The standard InChI is InChI=1S/C21H24Cl2O3/c1-11-5-15(6-12(2)19(11)24)17(9-22)21(26)18(10-23)16-7-13(3)20(25)14(4)8-16/h5-8,17-18,24-25H,9-10H2,1-4H3. The zero-order valence-electron chi connectivity index (χ0n) is 15.4. The van der Waals surface area contributed by atoms with Gasteiger partial charge in [0.1, 0.15) is 17.3 Å². The summed E-state index contributed by atoms with van der Waals surface area (Å²) in [6.07, 6.45) is 0. The van der Waals surface area contributed by atoms with E-state index in [-0.39, 0.29) is 29.0 Å². The highest BCUT2D eigenvalue weighted by atomic mass is 35.5. The Hall–Kier alpha value is -1.71. The molecular weight excluding hydrogens is 371 g/mol. The molecule has 0 saturated carbocycles. The van der Waals surface area contributed by atoms with E-state index in [2.05, 4.69) is 0 Å². The van der Waals surface area contributed by atoms with Gasteiger partial charge < -0.3 is 10.2 Å². The van der Waals surface area contributed by atoms with Crippen LogP contribution < -0.4 is 0 Å². The van der Waals surface area contributed by atoms with Crippen LogP contribution in [0.15, 0.2) is 24.3 Å². The van der Waals surface area contributed by atoms with E-state index in [1.54, 1.807) is 52.0 Å². The third kappa shape index (κ3) is 3.99. The fourth-order valence-electron chi connectivity index (χ4n) is 3.28. The summed E-state index contributed by atoms with van der Waals surface area (Å²) in [6, 6.07) is 7.19. The molecule has 0 aliphatic rings. The number of phenolic OH excluding ortho intramolecular Hbond substituents is 2. The predicted molar refractivity (Wildman–Crippen MR) is 107 cm³/mol. The number of carbonyl (C=O) groups excluding carboxylic acids is 1. The Labute approximate surface area is 164 Å².